The van der Waals surface area contributed by atoms with E-state index < -0.39 is 12.1 Å². The van der Waals surface area contributed by atoms with Gasteiger partial charge in [0.1, 0.15) is 5.75 Å². The van der Waals surface area contributed by atoms with Crippen molar-refractivity contribution in [2.75, 3.05) is 5.32 Å². The second kappa shape index (κ2) is 9.25. The minimum absolute atomic E-state index is 0.149. The number of ether oxygens (including phenoxy) is 2. The first kappa shape index (κ1) is 19.8. The summed E-state index contributed by atoms with van der Waals surface area (Å²) in [6.45, 7) is 5.40. The van der Waals surface area contributed by atoms with E-state index in [-0.39, 0.29) is 12.0 Å². The Labute approximate surface area is 158 Å². The molecule has 0 spiro atoms. The molecule has 1 N–H and O–H groups in total. The summed E-state index contributed by atoms with van der Waals surface area (Å²) in [6, 6.07) is 13.5. The lowest BCUT2D eigenvalue weighted by Crippen LogP contribution is -2.29. The van der Waals surface area contributed by atoms with Gasteiger partial charge in [-0.05, 0) is 56.7 Å². The van der Waals surface area contributed by atoms with Crippen LogP contribution >= 0.6 is 11.6 Å². The average Bonchev–Trinajstić information content (AvgIpc) is 2.63. The molecular weight excluding hydrogens is 354 g/mol. The molecule has 0 fully saturated rings. The second-order valence-corrected chi connectivity index (χ2v) is 6.28. The number of rotatable bonds is 7. The van der Waals surface area contributed by atoms with Gasteiger partial charge in [0.15, 0.2) is 6.10 Å². The molecule has 2 aromatic rings. The smallest absolute Gasteiger partial charge is 0.347 e. The van der Waals surface area contributed by atoms with Gasteiger partial charge in [0.05, 0.1) is 16.8 Å². The Hall–Kier alpha value is -2.53. The first-order valence-electron chi connectivity index (χ1n) is 8.43. The molecule has 0 aliphatic carbocycles. The minimum atomic E-state index is -0.730. The van der Waals surface area contributed by atoms with Gasteiger partial charge < -0.3 is 14.8 Å². The highest BCUT2D eigenvalue weighted by Crippen LogP contribution is 2.22. The second-order valence-electron chi connectivity index (χ2n) is 5.87. The number of carbonyl (C=O) groups excluding carboxylic acids is 2. The predicted octanol–water partition coefficient (Wildman–Crippen LogP) is 4.70. The fourth-order valence-electron chi connectivity index (χ4n) is 2.07. The van der Waals surface area contributed by atoms with Crippen LogP contribution in [0.1, 0.15) is 37.6 Å². The van der Waals surface area contributed by atoms with Crippen LogP contribution in [0.25, 0.3) is 0 Å². The van der Waals surface area contributed by atoms with Crippen molar-refractivity contribution >= 4 is 29.2 Å². The molecule has 138 valence electrons. The molecule has 0 saturated heterocycles. The van der Waals surface area contributed by atoms with E-state index in [1.165, 1.54) is 0 Å². The van der Waals surface area contributed by atoms with Gasteiger partial charge in [-0.3, -0.25) is 4.79 Å². The van der Waals surface area contributed by atoms with E-state index in [4.69, 9.17) is 21.1 Å². The predicted molar refractivity (Wildman–Crippen MR) is 102 cm³/mol. The van der Waals surface area contributed by atoms with Crippen LogP contribution in [0, 0.1) is 0 Å². The lowest BCUT2D eigenvalue weighted by Gasteiger charge is -2.17. The molecule has 2 atom stereocenters. The molecule has 0 unspecified atom stereocenters. The van der Waals surface area contributed by atoms with Gasteiger partial charge in [0.25, 0.3) is 5.91 Å². The van der Waals surface area contributed by atoms with Gasteiger partial charge in [-0.15, -0.1) is 0 Å². The normalized spacial score (nSPS) is 12.8. The Kier molecular flexibility index (Phi) is 7.04. The molecule has 0 bridgehead atoms. The lowest BCUT2D eigenvalue weighted by molar-refractivity contribution is -0.155. The Bertz CT molecular complexity index is 761. The molecule has 6 heteroatoms. The third-order valence-corrected chi connectivity index (χ3v) is 4.11. The van der Waals surface area contributed by atoms with Crippen molar-refractivity contribution in [3.8, 4) is 5.75 Å². The molecule has 0 radical (unpaired) electrons. The van der Waals surface area contributed by atoms with Crippen molar-refractivity contribution in [3.05, 3.63) is 59.1 Å². The van der Waals surface area contributed by atoms with Gasteiger partial charge >= 0.3 is 5.97 Å². The standard InChI is InChI=1S/C20H22ClNO4/c1-4-13(2)25-20(24)14(3)26-16-11-9-15(10-12-16)19(23)22-18-8-6-5-7-17(18)21/h5-14H,4H2,1-3H3,(H,22,23)/t13-,14-/m0/s1. The maximum absolute atomic E-state index is 12.3. The Morgan fingerprint density at radius 2 is 1.73 bits per heavy atom. The van der Waals surface area contributed by atoms with E-state index in [1.54, 1.807) is 55.5 Å². The van der Waals surface area contributed by atoms with Crippen molar-refractivity contribution in [2.24, 2.45) is 0 Å². The van der Waals surface area contributed by atoms with Crippen LogP contribution < -0.4 is 10.1 Å². The molecule has 5 nitrogen and oxygen atoms in total. The van der Waals surface area contributed by atoms with Crippen LogP contribution in [0.2, 0.25) is 5.02 Å². The number of hydrogen-bond acceptors (Lipinski definition) is 4. The summed E-state index contributed by atoms with van der Waals surface area (Å²) in [4.78, 5) is 24.2. The zero-order valence-corrected chi connectivity index (χ0v) is 15.7. The molecule has 0 aromatic heterocycles. The molecule has 0 aliphatic rings. The fraction of sp³-hybridized carbons (Fsp3) is 0.300. The van der Waals surface area contributed by atoms with Crippen molar-refractivity contribution in [3.63, 3.8) is 0 Å². The summed E-state index contributed by atoms with van der Waals surface area (Å²) in [5.74, 6) is -0.221. The van der Waals surface area contributed by atoms with Gasteiger partial charge in [-0.25, -0.2) is 4.79 Å². The molecule has 1 amide bonds. The van der Waals surface area contributed by atoms with E-state index in [0.29, 0.717) is 22.0 Å². The Morgan fingerprint density at radius 1 is 1.08 bits per heavy atom. The summed E-state index contributed by atoms with van der Waals surface area (Å²) in [6.07, 6.45) is -0.135. The number of para-hydroxylation sites is 1. The van der Waals surface area contributed by atoms with Crippen LogP contribution in [0.15, 0.2) is 48.5 Å². The number of benzene rings is 2. The summed E-state index contributed by atoms with van der Waals surface area (Å²) >= 11 is 6.04. The highest BCUT2D eigenvalue weighted by atomic mass is 35.5. The Morgan fingerprint density at radius 3 is 2.35 bits per heavy atom. The van der Waals surface area contributed by atoms with Crippen molar-refractivity contribution in [1.82, 2.24) is 0 Å². The van der Waals surface area contributed by atoms with Crippen LogP contribution in [0.5, 0.6) is 5.75 Å². The third kappa shape index (κ3) is 5.49. The van der Waals surface area contributed by atoms with E-state index in [1.807, 2.05) is 13.8 Å². The van der Waals surface area contributed by atoms with Crippen LogP contribution in [0.3, 0.4) is 0 Å². The Balaban J connectivity index is 1.96. The molecule has 2 aromatic carbocycles. The molecular formula is C20H22ClNO4. The van der Waals surface area contributed by atoms with Crippen molar-refractivity contribution in [1.29, 1.82) is 0 Å². The molecule has 26 heavy (non-hydrogen) atoms. The lowest BCUT2D eigenvalue weighted by atomic mass is 10.2. The van der Waals surface area contributed by atoms with Crippen LogP contribution in [0.4, 0.5) is 5.69 Å². The number of halogens is 1. The maximum atomic E-state index is 12.3. The first-order valence-corrected chi connectivity index (χ1v) is 8.81. The molecule has 0 aliphatic heterocycles. The highest BCUT2D eigenvalue weighted by molar-refractivity contribution is 6.33. The number of carbonyl (C=O) groups is 2. The molecule has 2 rings (SSSR count). The maximum Gasteiger partial charge on any atom is 0.347 e. The number of nitrogens with one attached hydrogen (secondary N) is 1. The SMILES string of the molecule is CC[C@H](C)OC(=O)[C@H](C)Oc1ccc(C(=O)Nc2ccccc2Cl)cc1. The number of hydrogen-bond donors (Lipinski definition) is 1. The summed E-state index contributed by atoms with van der Waals surface area (Å²) < 4.78 is 10.8. The van der Waals surface area contributed by atoms with E-state index in [0.717, 1.165) is 6.42 Å². The number of esters is 1. The fourth-order valence-corrected chi connectivity index (χ4v) is 2.25. The summed E-state index contributed by atoms with van der Waals surface area (Å²) in [5.41, 5.74) is 0.994. The average molecular weight is 376 g/mol. The van der Waals surface area contributed by atoms with Gasteiger partial charge in [-0.2, -0.15) is 0 Å². The highest BCUT2D eigenvalue weighted by Gasteiger charge is 2.18. The van der Waals surface area contributed by atoms with Gasteiger partial charge in [0, 0.05) is 5.56 Å². The summed E-state index contributed by atoms with van der Waals surface area (Å²) in [5, 5.41) is 3.21. The minimum Gasteiger partial charge on any atom is -0.479 e. The van der Waals surface area contributed by atoms with Gasteiger partial charge in [0.2, 0.25) is 0 Å². The topological polar surface area (TPSA) is 64.6 Å². The first-order chi connectivity index (χ1) is 12.4. The van der Waals surface area contributed by atoms with Crippen LogP contribution in [-0.4, -0.2) is 24.1 Å². The largest absolute Gasteiger partial charge is 0.479 e. The summed E-state index contributed by atoms with van der Waals surface area (Å²) in [7, 11) is 0. The quantitative estimate of drug-likeness (QED) is 0.712. The van der Waals surface area contributed by atoms with E-state index >= 15 is 0 Å². The third-order valence-electron chi connectivity index (χ3n) is 3.78. The number of anilines is 1. The molecule has 0 saturated carbocycles. The van der Waals surface area contributed by atoms with Gasteiger partial charge in [-0.1, -0.05) is 30.7 Å². The molecule has 0 heterocycles. The van der Waals surface area contributed by atoms with Crippen molar-refractivity contribution in [2.45, 2.75) is 39.4 Å². The van der Waals surface area contributed by atoms with Crippen molar-refractivity contribution < 1.29 is 19.1 Å². The zero-order chi connectivity index (χ0) is 19.1. The van der Waals surface area contributed by atoms with E-state index in [9.17, 15) is 9.59 Å². The zero-order valence-electron chi connectivity index (χ0n) is 15.0. The van der Waals surface area contributed by atoms with Crippen LogP contribution in [-0.2, 0) is 9.53 Å². The van der Waals surface area contributed by atoms with E-state index in [2.05, 4.69) is 5.32 Å². The number of amides is 1. The monoisotopic (exact) mass is 375 g/mol.